The van der Waals surface area contributed by atoms with Gasteiger partial charge in [-0.25, -0.2) is 0 Å². The molecule has 2 rings (SSSR count). The summed E-state index contributed by atoms with van der Waals surface area (Å²) < 4.78 is 0. The molecule has 0 unspecified atom stereocenters. The topological polar surface area (TPSA) is 37.3 Å². The third kappa shape index (κ3) is 2.22. The van der Waals surface area contributed by atoms with Crippen LogP contribution in [0.2, 0.25) is 0 Å². The molecule has 0 radical (unpaired) electrons. The van der Waals surface area contributed by atoms with Gasteiger partial charge >= 0.3 is 0 Å². The lowest BCUT2D eigenvalue weighted by Crippen LogP contribution is -2.12. The van der Waals surface area contributed by atoms with E-state index in [0.717, 1.165) is 30.2 Å². The standard InChI is InChI=1S/C14H14O2/c15-10-13-8-4-7-12(14(13)16)9-11-5-2-1-3-6-11/h1-3,5-6,9-10,15H,4,7-8H2. The highest BCUT2D eigenvalue weighted by atomic mass is 16.2. The second-order valence-corrected chi connectivity index (χ2v) is 3.92. The van der Waals surface area contributed by atoms with E-state index in [-0.39, 0.29) is 5.78 Å². The Bertz CT molecular complexity index is 441. The lowest BCUT2D eigenvalue weighted by molar-refractivity contribution is -0.113. The van der Waals surface area contributed by atoms with E-state index in [0.29, 0.717) is 12.0 Å². The van der Waals surface area contributed by atoms with Crippen molar-refractivity contribution in [1.29, 1.82) is 0 Å². The highest BCUT2D eigenvalue weighted by Gasteiger charge is 2.20. The van der Waals surface area contributed by atoms with Crippen molar-refractivity contribution in [3.63, 3.8) is 0 Å². The Morgan fingerprint density at radius 3 is 2.44 bits per heavy atom. The van der Waals surface area contributed by atoms with E-state index >= 15 is 0 Å². The molecule has 0 spiro atoms. The number of aliphatic hydroxyl groups excluding tert-OH is 1. The molecule has 1 saturated carbocycles. The summed E-state index contributed by atoms with van der Waals surface area (Å²) in [5.41, 5.74) is 2.34. The fraction of sp³-hybridized carbons (Fsp3) is 0.214. The van der Waals surface area contributed by atoms with E-state index in [2.05, 4.69) is 0 Å². The molecule has 1 N–H and O–H groups in total. The first-order valence-electron chi connectivity index (χ1n) is 5.45. The monoisotopic (exact) mass is 214 g/mol. The quantitative estimate of drug-likeness (QED) is 0.575. The first kappa shape index (κ1) is 10.7. The molecule has 1 aliphatic carbocycles. The van der Waals surface area contributed by atoms with Crippen molar-refractivity contribution in [2.45, 2.75) is 19.3 Å². The maximum Gasteiger partial charge on any atom is 0.188 e. The molecular weight excluding hydrogens is 200 g/mol. The molecule has 82 valence electrons. The average Bonchev–Trinajstić information content (AvgIpc) is 2.33. The normalized spacial score (nSPS) is 21.6. The molecule has 2 heteroatoms. The number of carbonyl (C=O) groups is 1. The summed E-state index contributed by atoms with van der Waals surface area (Å²) in [4.78, 5) is 11.9. The van der Waals surface area contributed by atoms with Crippen LogP contribution >= 0.6 is 0 Å². The van der Waals surface area contributed by atoms with Gasteiger partial charge in [-0.05, 0) is 30.9 Å². The van der Waals surface area contributed by atoms with Gasteiger partial charge in [-0.1, -0.05) is 30.3 Å². The third-order valence-corrected chi connectivity index (χ3v) is 2.77. The average molecular weight is 214 g/mol. The van der Waals surface area contributed by atoms with Crippen LogP contribution < -0.4 is 0 Å². The van der Waals surface area contributed by atoms with E-state index < -0.39 is 0 Å². The molecule has 0 saturated heterocycles. The number of aliphatic hydroxyl groups is 1. The highest BCUT2D eigenvalue weighted by Crippen LogP contribution is 2.25. The molecule has 2 nitrogen and oxygen atoms in total. The van der Waals surface area contributed by atoms with Gasteiger partial charge in [0, 0.05) is 11.1 Å². The van der Waals surface area contributed by atoms with Crippen molar-refractivity contribution in [1.82, 2.24) is 0 Å². The molecule has 0 bridgehead atoms. The van der Waals surface area contributed by atoms with Crippen molar-refractivity contribution < 1.29 is 9.90 Å². The molecule has 1 aliphatic rings. The number of rotatable bonds is 1. The minimum absolute atomic E-state index is 0.0161. The van der Waals surface area contributed by atoms with Gasteiger partial charge in [0.15, 0.2) is 5.78 Å². The molecule has 0 heterocycles. The van der Waals surface area contributed by atoms with Crippen LogP contribution in [-0.2, 0) is 4.79 Å². The molecular formula is C14H14O2. The Balaban J connectivity index is 2.27. The fourth-order valence-corrected chi connectivity index (χ4v) is 1.91. The van der Waals surface area contributed by atoms with Crippen LogP contribution in [0.1, 0.15) is 24.8 Å². The Morgan fingerprint density at radius 2 is 1.75 bits per heavy atom. The zero-order chi connectivity index (χ0) is 11.4. The van der Waals surface area contributed by atoms with Gasteiger partial charge in [-0.2, -0.15) is 0 Å². The SMILES string of the molecule is O=C1C(=CO)CCCC1=Cc1ccccc1. The number of hydrogen-bond donors (Lipinski definition) is 1. The summed E-state index contributed by atoms with van der Waals surface area (Å²) in [6.07, 6.45) is 5.26. The molecule has 0 aromatic heterocycles. The first-order valence-corrected chi connectivity index (χ1v) is 5.45. The van der Waals surface area contributed by atoms with Crippen LogP contribution in [-0.4, -0.2) is 10.9 Å². The third-order valence-electron chi connectivity index (χ3n) is 2.77. The summed E-state index contributed by atoms with van der Waals surface area (Å²) >= 11 is 0. The Kier molecular flexibility index (Phi) is 3.20. The van der Waals surface area contributed by atoms with Gasteiger partial charge in [-0.3, -0.25) is 4.79 Å². The van der Waals surface area contributed by atoms with Gasteiger partial charge in [0.1, 0.15) is 0 Å². The van der Waals surface area contributed by atoms with Gasteiger partial charge < -0.3 is 5.11 Å². The summed E-state index contributed by atoms with van der Waals surface area (Å²) in [5.74, 6) is -0.0161. The Morgan fingerprint density at radius 1 is 1.06 bits per heavy atom. The number of benzene rings is 1. The van der Waals surface area contributed by atoms with Crippen molar-refractivity contribution in [2.75, 3.05) is 0 Å². The van der Waals surface area contributed by atoms with E-state index in [1.165, 1.54) is 0 Å². The predicted octanol–water partition coefficient (Wildman–Crippen LogP) is 3.26. The van der Waals surface area contributed by atoms with Crippen LogP contribution in [0.25, 0.3) is 6.08 Å². The number of carbonyl (C=O) groups excluding carboxylic acids is 1. The van der Waals surface area contributed by atoms with Crippen molar-refractivity contribution in [3.05, 3.63) is 53.3 Å². The van der Waals surface area contributed by atoms with Crippen LogP contribution in [0.4, 0.5) is 0 Å². The summed E-state index contributed by atoms with van der Waals surface area (Å²) in [5, 5.41) is 8.94. The van der Waals surface area contributed by atoms with Gasteiger partial charge in [-0.15, -0.1) is 0 Å². The molecule has 16 heavy (non-hydrogen) atoms. The molecule has 1 aromatic rings. The number of ketones is 1. The maximum absolute atomic E-state index is 11.9. The van der Waals surface area contributed by atoms with E-state index in [4.69, 9.17) is 5.11 Å². The summed E-state index contributed by atoms with van der Waals surface area (Å²) in [7, 11) is 0. The van der Waals surface area contributed by atoms with Gasteiger partial charge in [0.2, 0.25) is 0 Å². The number of allylic oxidation sites excluding steroid dienone is 2. The predicted molar refractivity (Wildman–Crippen MR) is 64.0 cm³/mol. The van der Waals surface area contributed by atoms with Crippen LogP contribution in [0.3, 0.4) is 0 Å². The van der Waals surface area contributed by atoms with Crippen molar-refractivity contribution in [2.24, 2.45) is 0 Å². The molecule has 0 aliphatic heterocycles. The highest BCUT2D eigenvalue weighted by molar-refractivity contribution is 6.11. The summed E-state index contributed by atoms with van der Waals surface area (Å²) in [6.45, 7) is 0. The zero-order valence-electron chi connectivity index (χ0n) is 9.02. The van der Waals surface area contributed by atoms with Crippen LogP contribution in [0, 0.1) is 0 Å². The van der Waals surface area contributed by atoms with E-state index in [9.17, 15) is 4.79 Å². The minimum atomic E-state index is -0.0161. The second kappa shape index (κ2) is 4.79. The largest absolute Gasteiger partial charge is 0.515 e. The van der Waals surface area contributed by atoms with Gasteiger partial charge in [0.25, 0.3) is 0 Å². The van der Waals surface area contributed by atoms with Crippen LogP contribution in [0.5, 0.6) is 0 Å². The lowest BCUT2D eigenvalue weighted by Gasteiger charge is -2.15. The second-order valence-electron chi connectivity index (χ2n) is 3.92. The van der Waals surface area contributed by atoms with Crippen LogP contribution in [0.15, 0.2) is 47.7 Å². The lowest BCUT2D eigenvalue weighted by atomic mass is 9.88. The smallest absolute Gasteiger partial charge is 0.188 e. The van der Waals surface area contributed by atoms with E-state index in [1.807, 2.05) is 36.4 Å². The molecule has 1 aromatic carbocycles. The minimum Gasteiger partial charge on any atom is -0.515 e. The maximum atomic E-state index is 11.9. The number of Topliss-reactive ketones (excluding diaryl/α,β-unsaturated/α-hetero) is 1. The van der Waals surface area contributed by atoms with E-state index in [1.54, 1.807) is 0 Å². The van der Waals surface area contributed by atoms with Crippen molar-refractivity contribution >= 4 is 11.9 Å². The zero-order valence-corrected chi connectivity index (χ0v) is 9.02. The Labute approximate surface area is 94.9 Å². The van der Waals surface area contributed by atoms with Crippen molar-refractivity contribution in [3.8, 4) is 0 Å². The molecule has 0 amide bonds. The number of hydrogen-bond acceptors (Lipinski definition) is 2. The first-order chi connectivity index (χ1) is 7.81. The Hall–Kier alpha value is -1.83. The molecule has 1 fully saturated rings. The van der Waals surface area contributed by atoms with Gasteiger partial charge in [0.05, 0.1) is 6.26 Å². The summed E-state index contributed by atoms with van der Waals surface area (Å²) in [6, 6.07) is 9.78. The molecule has 0 atom stereocenters. The fourth-order valence-electron chi connectivity index (χ4n) is 1.91.